The van der Waals surface area contributed by atoms with E-state index in [4.69, 9.17) is 33.2 Å². The van der Waals surface area contributed by atoms with Crippen LogP contribution in [0.1, 0.15) is 6.92 Å². The minimum atomic E-state index is -2.02. The maximum absolute atomic E-state index is 12.2. The van der Waals surface area contributed by atoms with Crippen molar-refractivity contribution < 1.29 is 104 Å². The van der Waals surface area contributed by atoms with Crippen molar-refractivity contribution in [2.24, 2.45) is 0 Å². The van der Waals surface area contributed by atoms with Gasteiger partial charge in [-0.1, -0.05) is 0 Å². The number of hydrogen-bond acceptors (Lipinski definition) is 21. The largest absolute Gasteiger partial charge is 0.394 e. The van der Waals surface area contributed by atoms with Crippen molar-refractivity contribution in [3.63, 3.8) is 0 Å². The number of ether oxygens (including phenoxy) is 7. The molecule has 22 nitrogen and oxygen atoms in total. The Labute approximate surface area is 272 Å². The molecule has 0 radical (unpaired) electrons. The average molecular weight is 708 g/mol. The second kappa shape index (κ2) is 16.8. The highest BCUT2D eigenvalue weighted by atomic mass is 16.8. The van der Waals surface area contributed by atoms with Crippen molar-refractivity contribution in [1.82, 2.24) is 5.32 Å². The van der Waals surface area contributed by atoms with Crippen LogP contribution in [-0.2, 0) is 38.0 Å². The van der Waals surface area contributed by atoms with Crippen LogP contribution in [-0.4, -0.2) is 221 Å². The highest BCUT2D eigenvalue weighted by Gasteiger charge is 2.55. The molecule has 48 heavy (non-hydrogen) atoms. The lowest BCUT2D eigenvalue weighted by Crippen LogP contribution is -2.69. The Balaban J connectivity index is 1.56. The lowest BCUT2D eigenvalue weighted by atomic mass is 9.94. The fourth-order valence-corrected chi connectivity index (χ4v) is 5.95. The van der Waals surface area contributed by atoms with Gasteiger partial charge < -0.3 is 105 Å². The van der Waals surface area contributed by atoms with E-state index < -0.39 is 155 Å². The number of carbonyl (C=O) groups excluding carboxylic acids is 1. The maximum Gasteiger partial charge on any atom is 0.217 e. The van der Waals surface area contributed by atoms with E-state index in [1.54, 1.807) is 0 Å². The Morgan fingerprint density at radius 2 is 0.958 bits per heavy atom. The first-order valence-electron chi connectivity index (χ1n) is 15.1. The summed E-state index contributed by atoms with van der Waals surface area (Å²) in [5, 5.41) is 136. The molecule has 0 unspecified atom stereocenters. The van der Waals surface area contributed by atoms with Gasteiger partial charge in [0, 0.05) is 6.92 Å². The molecule has 0 aromatic rings. The smallest absolute Gasteiger partial charge is 0.217 e. The third kappa shape index (κ3) is 8.08. The fraction of sp³-hybridized carbons (Fsp3) is 0.962. The molecule has 4 heterocycles. The first-order valence-corrected chi connectivity index (χ1v) is 15.1. The Morgan fingerprint density at radius 3 is 1.50 bits per heavy atom. The quantitative estimate of drug-likeness (QED) is 0.0947. The minimum absolute atomic E-state index is 0.755. The van der Waals surface area contributed by atoms with E-state index in [-0.39, 0.29) is 0 Å². The summed E-state index contributed by atoms with van der Waals surface area (Å²) in [6, 6.07) is -1.61. The van der Waals surface area contributed by atoms with E-state index in [9.17, 15) is 71.2 Å². The second-order valence-electron chi connectivity index (χ2n) is 11.9. The van der Waals surface area contributed by atoms with Gasteiger partial charge in [0.25, 0.3) is 0 Å². The van der Waals surface area contributed by atoms with Crippen LogP contribution in [0.15, 0.2) is 0 Å². The van der Waals surface area contributed by atoms with Crippen LogP contribution in [0, 0.1) is 0 Å². The lowest BCUT2D eigenvalue weighted by Gasteiger charge is -2.49. The standard InChI is InChI=1S/C26H45NO21/c1-6(32)27-11-14(35)20(46-25-18(39)15(36)12(33)7(2-28)43-25)10(5-31)45-24(11)48-22-13(34)8(3-29)44-26(19(22)40)47-21-9(4-30)42-23(41)17(38)16(21)37/h7-26,28-31,33-41H,2-5H2,1H3,(H,27,32)/t7-,8-,9-,10-,11-,12+,13+,14-,15+,16-,17-,18-,19-,20+,21-,22+,23-,24+,25+,26+/m1/s1. The maximum atomic E-state index is 12.2. The van der Waals surface area contributed by atoms with Crippen LogP contribution in [0.25, 0.3) is 0 Å². The van der Waals surface area contributed by atoms with Crippen molar-refractivity contribution in [2.45, 2.75) is 130 Å². The summed E-state index contributed by atoms with van der Waals surface area (Å²) in [4.78, 5) is 12.2. The van der Waals surface area contributed by atoms with Gasteiger partial charge in [0.2, 0.25) is 5.91 Å². The van der Waals surface area contributed by atoms with Crippen LogP contribution in [0.3, 0.4) is 0 Å². The zero-order valence-corrected chi connectivity index (χ0v) is 25.5. The predicted octanol–water partition coefficient (Wildman–Crippen LogP) is -9.61. The van der Waals surface area contributed by atoms with Crippen molar-refractivity contribution in [1.29, 1.82) is 0 Å². The average Bonchev–Trinajstić information content (AvgIpc) is 3.06. The van der Waals surface area contributed by atoms with Crippen LogP contribution in [0.5, 0.6) is 0 Å². The zero-order valence-electron chi connectivity index (χ0n) is 25.5. The van der Waals surface area contributed by atoms with E-state index in [1.807, 2.05) is 0 Å². The third-order valence-corrected chi connectivity index (χ3v) is 8.61. The van der Waals surface area contributed by atoms with E-state index >= 15 is 0 Å². The summed E-state index contributed by atoms with van der Waals surface area (Å²) >= 11 is 0. The predicted molar refractivity (Wildman–Crippen MR) is 145 cm³/mol. The molecule has 0 aromatic heterocycles. The Bertz CT molecular complexity index is 1030. The number of aliphatic hydroxyl groups is 13. The molecule has 0 bridgehead atoms. The molecule has 4 aliphatic rings. The highest BCUT2D eigenvalue weighted by Crippen LogP contribution is 2.34. The molecule has 4 aliphatic heterocycles. The van der Waals surface area contributed by atoms with Crippen molar-refractivity contribution in [2.75, 3.05) is 26.4 Å². The number of carbonyl (C=O) groups is 1. The summed E-state index contributed by atoms with van der Waals surface area (Å²) < 4.78 is 38.5. The van der Waals surface area contributed by atoms with Gasteiger partial charge in [-0.05, 0) is 0 Å². The molecule has 20 atom stereocenters. The zero-order chi connectivity index (χ0) is 35.6. The molecule has 4 rings (SSSR count). The normalized spacial score (nSPS) is 50.2. The van der Waals surface area contributed by atoms with Gasteiger partial charge >= 0.3 is 0 Å². The van der Waals surface area contributed by atoms with Crippen molar-refractivity contribution in [3.8, 4) is 0 Å². The summed E-state index contributed by atoms with van der Waals surface area (Å²) in [5.74, 6) is -0.755. The van der Waals surface area contributed by atoms with E-state index in [0.717, 1.165) is 6.92 Å². The monoisotopic (exact) mass is 707 g/mol. The topological polar surface area (TPSA) is 357 Å². The number of aliphatic hydroxyl groups excluding tert-OH is 13. The minimum Gasteiger partial charge on any atom is -0.394 e. The first kappa shape index (κ1) is 39.5. The summed E-state index contributed by atoms with van der Waals surface area (Å²) in [5.41, 5.74) is 0. The van der Waals surface area contributed by atoms with Gasteiger partial charge in [-0.2, -0.15) is 0 Å². The molecule has 4 saturated heterocycles. The summed E-state index contributed by atoms with van der Waals surface area (Å²) in [6.45, 7) is -2.37. The molecule has 14 N–H and O–H groups in total. The Morgan fingerprint density at radius 1 is 0.500 bits per heavy atom. The SMILES string of the molecule is CC(=O)N[C@H]1[C@H](O[C@H]2[C@@H](O)[C@@H](CO)O[C@@H](O[C@H]3[C@H](O)[C@@H](O)[C@H](O)O[C@@H]3CO)[C@@H]2O)O[C@H](CO)[C@H](O[C@@H]2O[C@H](CO)[C@H](O)[C@H](O)[C@H]2O)[C@@H]1O. The van der Waals surface area contributed by atoms with E-state index in [2.05, 4.69) is 5.32 Å². The van der Waals surface area contributed by atoms with Gasteiger partial charge in [-0.3, -0.25) is 4.79 Å². The van der Waals surface area contributed by atoms with Gasteiger partial charge in [-0.15, -0.1) is 0 Å². The molecule has 0 aromatic carbocycles. The molecular weight excluding hydrogens is 662 g/mol. The van der Waals surface area contributed by atoms with Gasteiger partial charge in [-0.25, -0.2) is 0 Å². The fourth-order valence-electron chi connectivity index (χ4n) is 5.95. The van der Waals surface area contributed by atoms with Crippen molar-refractivity contribution in [3.05, 3.63) is 0 Å². The Kier molecular flexibility index (Phi) is 13.8. The first-order chi connectivity index (χ1) is 22.7. The van der Waals surface area contributed by atoms with Crippen LogP contribution < -0.4 is 5.32 Å². The van der Waals surface area contributed by atoms with E-state index in [0.29, 0.717) is 0 Å². The molecule has 1 amide bonds. The lowest BCUT2D eigenvalue weighted by molar-refractivity contribution is -0.380. The molecule has 0 saturated carbocycles. The van der Waals surface area contributed by atoms with Crippen molar-refractivity contribution >= 4 is 5.91 Å². The van der Waals surface area contributed by atoms with Gasteiger partial charge in [0.15, 0.2) is 25.2 Å². The number of rotatable bonds is 11. The molecule has 4 fully saturated rings. The molecule has 22 heteroatoms. The summed E-state index contributed by atoms with van der Waals surface area (Å²) in [7, 11) is 0. The molecule has 0 aliphatic carbocycles. The molecule has 280 valence electrons. The molecular formula is C26H45NO21. The number of nitrogens with one attached hydrogen (secondary N) is 1. The second-order valence-corrected chi connectivity index (χ2v) is 11.9. The summed E-state index contributed by atoms with van der Waals surface area (Å²) in [6.07, 6.45) is -33.5. The van der Waals surface area contributed by atoms with Crippen LogP contribution >= 0.6 is 0 Å². The van der Waals surface area contributed by atoms with E-state index in [1.165, 1.54) is 0 Å². The molecule has 0 spiro atoms. The number of amides is 1. The Hall–Kier alpha value is -1.33. The van der Waals surface area contributed by atoms with Gasteiger partial charge in [0.05, 0.1) is 26.4 Å². The van der Waals surface area contributed by atoms with Crippen LogP contribution in [0.4, 0.5) is 0 Å². The highest BCUT2D eigenvalue weighted by molar-refractivity contribution is 5.73. The van der Waals surface area contributed by atoms with Gasteiger partial charge in [0.1, 0.15) is 97.6 Å². The number of hydrogen-bond donors (Lipinski definition) is 14. The third-order valence-electron chi connectivity index (χ3n) is 8.61. The van der Waals surface area contributed by atoms with Crippen LogP contribution in [0.2, 0.25) is 0 Å².